The summed E-state index contributed by atoms with van der Waals surface area (Å²) in [7, 11) is 1.70. The summed E-state index contributed by atoms with van der Waals surface area (Å²) in [6, 6.07) is 1.57. The van der Waals surface area contributed by atoms with Crippen molar-refractivity contribution in [3.05, 3.63) is 11.8 Å². The summed E-state index contributed by atoms with van der Waals surface area (Å²) in [6.45, 7) is 4.84. The number of anilines is 1. The van der Waals surface area contributed by atoms with Crippen molar-refractivity contribution >= 4 is 11.7 Å². The maximum Gasteiger partial charge on any atom is 0.269 e. The zero-order valence-electron chi connectivity index (χ0n) is 10.6. The number of aromatic nitrogens is 2. The van der Waals surface area contributed by atoms with Gasteiger partial charge in [0, 0.05) is 39.3 Å². The Kier molecular flexibility index (Phi) is 4.16. The van der Waals surface area contributed by atoms with Gasteiger partial charge in [-0.2, -0.15) is 5.10 Å². The summed E-state index contributed by atoms with van der Waals surface area (Å²) >= 11 is 0. The molecule has 7 heteroatoms. The lowest BCUT2D eigenvalue weighted by Gasteiger charge is -2.26. The maximum atomic E-state index is 11.8. The topological polar surface area (TPSA) is 85.4 Å². The number of aryl methyl sites for hydroxylation is 1. The van der Waals surface area contributed by atoms with E-state index >= 15 is 0 Å². The molecule has 0 unspecified atom stereocenters. The number of nitrogens with one attached hydrogen (secondary N) is 1. The minimum atomic E-state index is -0.144. The van der Waals surface area contributed by atoms with Gasteiger partial charge in [-0.3, -0.25) is 14.4 Å². The van der Waals surface area contributed by atoms with Gasteiger partial charge in [0.1, 0.15) is 11.5 Å². The van der Waals surface area contributed by atoms with Crippen molar-refractivity contribution in [3.8, 4) is 0 Å². The van der Waals surface area contributed by atoms with Crippen molar-refractivity contribution in [2.24, 2.45) is 7.05 Å². The van der Waals surface area contributed by atoms with Gasteiger partial charge in [-0.05, 0) is 0 Å². The molecule has 0 radical (unpaired) electrons. The molecule has 18 heavy (non-hydrogen) atoms. The summed E-state index contributed by atoms with van der Waals surface area (Å²) in [5.41, 5.74) is 6.01. The van der Waals surface area contributed by atoms with Crippen molar-refractivity contribution in [1.82, 2.24) is 20.0 Å². The Morgan fingerprint density at radius 3 is 2.89 bits per heavy atom. The van der Waals surface area contributed by atoms with Gasteiger partial charge in [0.25, 0.3) is 5.91 Å². The predicted octanol–water partition coefficient (Wildman–Crippen LogP) is -0.936. The molecule has 0 spiro atoms. The molecule has 1 aromatic rings. The average molecular weight is 253 g/mol. The van der Waals surface area contributed by atoms with Gasteiger partial charge in [0.15, 0.2) is 0 Å². The number of nitrogen functional groups attached to an aromatic ring is 1. The second kappa shape index (κ2) is 5.83. The van der Waals surface area contributed by atoms with E-state index in [1.165, 1.54) is 4.68 Å². The van der Waals surface area contributed by atoms with Crippen LogP contribution in [0.3, 0.4) is 0 Å². The first-order chi connectivity index (χ1) is 8.66. The normalized spacial score (nSPS) is 16.7. The van der Waals surface area contributed by atoms with Crippen molar-refractivity contribution < 1.29 is 9.53 Å². The Labute approximate surface area is 106 Å². The molecular weight excluding hydrogens is 234 g/mol. The van der Waals surface area contributed by atoms with Crippen LogP contribution in [0.1, 0.15) is 10.5 Å². The Balaban J connectivity index is 1.76. The van der Waals surface area contributed by atoms with E-state index in [1.807, 2.05) is 0 Å². The van der Waals surface area contributed by atoms with Crippen LogP contribution in [0.25, 0.3) is 0 Å². The minimum Gasteiger partial charge on any atom is -0.382 e. The SMILES string of the molecule is Cn1nc(N)cc1C(=O)NCCN1CCOCC1. The Bertz CT molecular complexity index is 412. The number of carbonyl (C=O) groups excluding carboxylic acids is 1. The molecule has 3 N–H and O–H groups in total. The van der Waals surface area contributed by atoms with Crippen molar-refractivity contribution in [1.29, 1.82) is 0 Å². The van der Waals surface area contributed by atoms with Crippen LogP contribution in [-0.2, 0) is 11.8 Å². The number of nitrogens with zero attached hydrogens (tertiary/aromatic N) is 3. The van der Waals surface area contributed by atoms with Gasteiger partial charge in [0.2, 0.25) is 0 Å². The molecule has 1 aromatic heterocycles. The molecule has 0 aliphatic carbocycles. The van der Waals surface area contributed by atoms with E-state index in [1.54, 1.807) is 13.1 Å². The smallest absolute Gasteiger partial charge is 0.269 e. The third-order valence-electron chi connectivity index (χ3n) is 2.95. The van der Waals surface area contributed by atoms with E-state index in [-0.39, 0.29) is 5.91 Å². The molecule has 1 aliphatic heterocycles. The first-order valence-corrected chi connectivity index (χ1v) is 6.04. The van der Waals surface area contributed by atoms with Crippen LogP contribution in [0, 0.1) is 0 Å². The summed E-state index contributed by atoms with van der Waals surface area (Å²) in [5, 5.41) is 6.80. The first kappa shape index (κ1) is 12.8. The van der Waals surface area contributed by atoms with Gasteiger partial charge in [-0.15, -0.1) is 0 Å². The summed E-state index contributed by atoms with van der Waals surface area (Å²) in [6.07, 6.45) is 0. The molecule has 0 saturated carbocycles. The van der Waals surface area contributed by atoms with Crippen molar-refractivity contribution in [3.63, 3.8) is 0 Å². The predicted molar refractivity (Wildman–Crippen MR) is 67.2 cm³/mol. The number of nitrogens with two attached hydrogens (primary N) is 1. The number of ether oxygens (including phenoxy) is 1. The molecule has 1 saturated heterocycles. The second-order valence-electron chi connectivity index (χ2n) is 4.29. The van der Waals surface area contributed by atoms with Crippen LogP contribution < -0.4 is 11.1 Å². The van der Waals surface area contributed by atoms with Crippen LogP contribution in [0.15, 0.2) is 6.07 Å². The summed E-state index contributed by atoms with van der Waals surface area (Å²) < 4.78 is 6.75. The maximum absolute atomic E-state index is 11.8. The third-order valence-corrected chi connectivity index (χ3v) is 2.95. The second-order valence-corrected chi connectivity index (χ2v) is 4.29. The van der Waals surface area contributed by atoms with E-state index in [9.17, 15) is 4.79 Å². The Morgan fingerprint density at radius 2 is 2.28 bits per heavy atom. The monoisotopic (exact) mass is 253 g/mol. The standard InChI is InChI=1S/C11H19N5O2/c1-15-9(8-10(12)14-15)11(17)13-2-3-16-4-6-18-7-5-16/h8H,2-7H2,1H3,(H2,12,14)(H,13,17). The largest absolute Gasteiger partial charge is 0.382 e. The summed E-state index contributed by atoms with van der Waals surface area (Å²) in [5.74, 6) is 0.214. The first-order valence-electron chi connectivity index (χ1n) is 6.04. The average Bonchev–Trinajstić information content (AvgIpc) is 2.70. The highest BCUT2D eigenvalue weighted by atomic mass is 16.5. The molecule has 2 rings (SSSR count). The van der Waals surface area contributed by atoms with Crippen LogP contribution in [-0.4, -0.2) is 60.0 Å². The lowest BCUT2D eigenvalue weighted by molar-refractivity contribution is 0.0383. The van der Waals surface area contributed by atoms with Gasteiger partial charge in [-0.1, -0.05) is 0 Å². The molecule has 0 bridgehead atoms. The molecule has 100 valence electrons. The third kappa shape index (κ3) is 3.21. The minimum absolute atomic E-state index is 0.144. The van der Waals surface area contributed by atoms with Crippen LogP contribution >= 0.6 is 0 Å². The fourth-order valence-corrected chi connectivity index (χ4v) is 1.94. The molecule has 2 heterocycles. The molecule has 1 amide bonds. The van der Waals surface area contributed by atoms with E-state index in [2.05, 4.69) is 15.3 Å². The number of amides is 1. The van der Waals surface area contributed by atoms with E-state index in [4.69, 9.17) is 10.5 Å². The van der Waals surface area contributed by atoms with E-state index in [0.717, 1.165) is 32.8 Å². The van der Waals surface area contributed by atoms with Crippen LogP contribution in [0.2, 0.25) is 0 Å². The Hall–Kier alpha value is -1.60. The molecule has 0 atom stereocenters. The Morgan fingerprint density at radius 1 is 1.56 bits per heavy atom. The lowest BCUT2D eigenvalue weighted by atomic mass is 10.3. The summed E-state index contributed by atoms with van der Waals surface area (Å²) in [4.78, 5) is 14.1. The number of carbonyl (C=O) groups is 1. The van der Waals surface area contributed by atoms with Gasteiger partial charge < -0.3 is 15.8 Å². The van der Waals surface area contributed by atoms with Crippen LogP contribution in [0.5, 0.6) is 0 Å². The number of hydrogen-bond acceptors (Lipinski definition) is 5. The van der Waals surface area contributed by atoms with E-state index < -0.39 is 0 Å². The zero-order chi connectivity index (χ0) is 13.0. The van der Waals surface area contributed by atoms with Crippen molar-refractivity contribution in [2.75, 3.05) is 45.1 Å². The van der Waals surface area contributed by atoms with E-state index in [0.29, 0.717) is 18.1 Å². The zero-order valence-corrected chi connectivity index (χ0v) is 10.6. The quantitative estimate of drug-likeness (QED) is 0.723. The van der Waals surface area contributed by atoms with Gasteiger partial charge in [-0.25, -0.2) is 0 Å². The number of morpholine rings is 1. The fourth-order valence-electron chi connectivity index (χ4n) is 1.94. The molecule has 0 aromatic carbocycles. The lowest BCUT2D eigenvalue weighted by Crippen LogP contribution is -2.41. The molecule has 7 nitrogen and oxygen atoms in total. The fraction of sp³-hybridized carbons (Fsp3) is 0.636. The molecule has 1 aliphatic rings. The highest BCUT2D eigenvalue weighted by Gasteiger charge is 2.13. The number of rotatable bonds is 4. The highest BCUT2D eigenvalue weighted by molar-refractivity contribution is 5.93. The number of hydrogen-bond donors (Lipinski definition) is 2. The highest BCUT2D eigenvalue weighted by Crippen LogP contribution is 2.03. The van der Waals surface area contributed by atoms with Gasteiger partial charge >= 0.3 is 0 Å². The van der Waals surface area contributed by atoms with Crippen LogP contribution in [0.4, 0.5) is 5.82 Å². The molecule has 1 fully saturated rings. The van der Waals surface area contributed by atoms with Crippen molar-refractivity contribution in [2.45, 2.75) is 0 Å². The van der Waals surface area contributed by atoms with Gasteiger partial charge in [0.05, 0.1) is 13.2 Å². The molecular formula is C11H19N5O2.